The minimum Gasteiger partial charge on any atom is -0.480 e. The SMILES string of the molecule is CCC(Oc1ccc2c(c1)OCO2)C(=O)Nc1ccc(C#N)cc1. The van der Waals surface area contributed by atoms with Crippen molar-refractivity contribution in [3.63, 3.8) is 0 Å². The van der Waals surface area contributed by atoms with Crippen molar-refractivity contribution >= 4 is 11.6 Å². The lowest BCUT2D eigenvalue weighted by atomic mass is 10.2. The summed E-state index contributed by atoms with van der Waals surface area (Å²) in [6.07, 6.45) is -0.127. The zero-order valence-corrected chi connectivity index (χ0v) is 13.1. The quantitative estimate of drug-likeness (QED) is 0.914. The van der Waals surface area contributed by atoms with Crippen molar-refractivity contribution in [2.45, 2.75) is 19.4 Å². The van der Waals surface area contributed by atoms with Gasteiger partial charge in [-0.05, 0) is 42.8 Å². The van der Waals surface area contributed by atoms with E-state index in [0.29, 0.717) is 34.9 Å². The summed E-state index contributed by atoms with van der Waals surface area (Å²) >= 11 is 0. The highest BCUT2D eigenvalue weighted by Gasteiger charge is 2.20. The molecule has 0 saturated heterocycles. The van der Waals surface area contributed by atoms with Gasteiger partial charge in [-0.1, -0.05) is 6.92 Å². The first-order valence-electron chi connectivity index (χ1n) is 7.57. The minimum absolute atomic E-state index is 0.190. The second-order valence-corrected chi connectivity index (χ2v) is 5.21. The number of nitrogens with zero attached hydrogens (tertiary/aromatic N) is 1. The van der Waals surface area contributed by atoms with Gasteiger partial charge in [0.05, 0.1) is 11.6 Å². The summed E-state index contributed by atoms with van der Waals surface area (Å²) in [5.74, 6) is 1.56. The zero-order chi connectivity index (χ0) is 16.9. The van der Waals surface area contributed by atoms with Gasteiger partial charge in [0.15, 0.2) is 17.6 Å². The van der Waals surface area contributed by atoms with Gasteiger partial charge >= 0.3 is 0 Å². The summed E-state index contributed by atoms with van der Waals surface area (Å²) in [6, 6.07) is 13.9. The second-order valence-electron chi connectivity index (χ2n) is 5.21. The van der Waals surface area contributed by atoms with Gasteiger partial charge in [-0.2, -0.15) is 5.26 Å². The molecule has 1 N–H and O–H groups in total. The molecular weight excluding hydrogens is 308 g/mol. The Bertz CT molecular complexity index is 781. The number of hydrogen-bond acceptors (Lipinski definition) is 5. The second kappa shape index (κ2) is 6.92. The number of benzene rings is 2. The molecule has 3 rings (SSSR count). The standard InChI is InChI=1S/C18H16N2O4/c1-2-15(18(21)20-13-5-3-12(10-19)4-6-13)24-14-7-8-16-17(9-14)23-11-22-16/h3-9,15H,2,11H2,1H3,(H,20,21). The van der Waals surface area contributed by atoms with E-state index in [-0.39, 0.29) is 12.7 Å². The highest BCUT2D eigenvalue weighted by Crippen LogP contribution is 2.35. The third kappa shape index (κ3) is 3.41. The molecule has 2 aromatic rings. The molecule has 0 aliphatic carbocycles. The highest BCUT2D eigenvalue weighted by atomic mass is 16.7. The normalized spacial score (nSPS) is 13.0. The molecule has 1 aliphatic heterocycles. The molecule has 24 heavy (non-hydrogen) atoms. The third-order valence-corrected chi connectivity index (χ3v) is 3.57. The first kappa shape index (κ1) is 15.7. The van der Waals surface area contributed by atoms with Gasteiger partial charge in [0, 0.05) is 11.8 Å². The van der Waals surface area contributed by atoms with Crippen molar-refractivity contribution in [3.05, 3.63) is 48.0 Å². The van der Waals surface area contributed by atoms with E-state index >= 15 is 0 Å². The number of fused-ring (bicyclic) bond motifs is 1. The van der Waals surface area contributed by atoms with Crippen LogP contribution < -0.4 is 19.5 Å². The molecule has 2 aromatic carbocycles. The predicted molar refractivity (Wildman–Crippen MR) is 87.1 cm³/mol. The molecule has 0 spiro atoms. The fourth-order valence-corrected chi connectivity index (χ4v) is 2.29. The largest absolute Gasteiger partial charge is 0.480 e. The minimum atomic E-state index is -0.638. The Labute approximate surface area is 139 Å². The molecule has 1 unspecified atom stereocenters. The maximum Gasteiger partial charge on any atom is 0.265 e. The van der Waals surface area contributed by atoms with Gasteiger partial charge in [-0.25, -0.2) is 0 Å². The van der Waals surface area contributed by atoms with Crippen molar-refractivity contribution in [3.8, 4) is 23.3 Å². The van der Waals surface area contributed by atoms with Crippen LogP contribution in [-0.2, 0) is 4.79 Å². The van der Waals surface area contributed by atoms with Crippen LogP contribution in [0.3, 0.4) is 0 Å². The molecule has 122 valence electrons. The van der Waals surface area contributed by atoms with E-state index in [2.05, 4.69) is 5.32 Å². The first-order chi connectivity index (χ1) is 11.7. The summed E-state index contributed by atoms with van der Waals surface area (Å²) in [5, 5.41) is 11.6. The number of rotatable bonds is 5. The Morgan fingerprint density at radius 1 is 1.25 bits per heavy atom. The molecule has 0 fully saturated rings. The Morgan fingerprint density at radius 3 is 2.71 bits per heavy atom. The number of anilines is 1. The van der Waals surface area contributed by atoms with Crippen LogP contribution in [0.1, 0.15) is 18.9 Å². The summed E-state index contributed by atoms with van der Waals surface area (Å²) < 4.78 is 16.3. The summed E-state index contributed by atoms with van der Waals surface area (Å²) in [4.78, 5) is 12.4. The van der Waals surface area contributed by atoms with Gasteiger partial charge < -0.3 is 19.5 Å². The molecule has 6 heteroatoms. The summed E-state index contributed by atoms with van der Waals surface area (Å²) in [7, 11) is 0. The van der Waals surface area contributed by atoms with E-state index in [4.69, 9.17) is 19.5 Å². The Kier molecular flexibility index (Phi) is 4.52. The molecule has 0 bridgehead atoms. The van der Waals surface area contributed by atoms with Crippen molar-refractivity contribution in [2.75, 3.05) is 12.1 Å². The summed E-state index contributed by atoms with van der Waals surface area (Å²) in [6.45, 7) is 2.06. The van der Waals surface area contributed by atoms with Crippen LogP contribution in [-0.4, -0.2) is 18.8 Å². The lowest BCUT2D eigenvalue weighted by Gasteiger charge is -2.17. The Morgan fingerprint density at radius 2 is 2.00 bits per heavy atom. The van der Waals surface area contributed by atoms with E-state index < -0.39 is 6.10 Å². The van der Waals surface area contributed by atoms with Crippen molar-refractivity contribution in [2.24, 2.45) is 0 Å². The number of carbonyl (C=O) groups is 1. The van der Waals surface area contributed by atoms with E-state index in [0.717, 1.165) is 0 Å². The van der Waals surface area contributed by atoms with Gasteiger partial charge in [0.2, 0.25) is 6.79 Å². The van der Waals surface area contributed by atoms with Gasteiger partial charge in [-0.15, -0.1) is 0 Å². The number of hydrogen-bond donors (Lipinski definition) is 1. The average Bonchev–Trinajstić information content (AvgIpc) is 3.08. The van der Waals surface area contributed by atoms with Crippen LogP contribution in [0.2, 0.25) is 0 Å². The van der Waals surface area contributed by atoms with E-state index in [1.165, 1.54) is 0 Å². The maximum absolute atomic E-state index is 12.4. The summed E-state index contributed by atoms with van der Waals surface area (Å²) in [5.41, 5.74) is 1.16. The van der Waals surface area contributed by atoms with E-state index in [9.17, 15) is 4.79 Å². The highest BCUT2D eigenvalue weighted by molar-refractivity contribution is 5.94. The van der Waals surface area contributed by atoms with Gasteiger partial charge in [0.1, 0.15) is 5.75 Å². The zero-order valence-electron chi connectivity index (χ0n) is 13.1. The number of amides is 1. The van der Waals surface area contributed by atoms with Crippen molar-refractivity contribution < 1.29 is 19.0 Å². The van der Waals surface area contributed by atoms with Crippen LogP contribution in [0.25, 0.3) is 0 Å². The number of nitriles is 1. The van der Waals surface area contributed by atoms with E-state index in [1.807, 2.05) is 13.0 Å². The number of ether oxygens (including phenoxy) is 3. The lowest BCUT2D eigenvalue weighted by Crippen LogP contribution is -2.32. The van der Waals surface area contributed by atoms with Gasteiger partial charge in [-0.3, -0.25) is 4.79 Å². The molecule has 1 heterocycles. The predicted octanol–water partition coefficient (Wildman–Crippen LogP) is 3.08. The molecule has 6 nitrogen and oxygen atoms in total. The molecule has 0 saturated carbocycles. The average molecular weight is 324 g/mol. The van der Waals surface area contributed by atoms with Crippen molar-refractivity contribution in [1.29, 1.82) is 5.26 Å². The topological polar surface area (TPSA) is 80.6 Å². The monoisotopic (exact) mass is 324 g/mol. The van der Waals surface area contributed by atoms with E-state index in [1.54, 1.807) is 42.5 Å². The first-order valence-corrected chi connectivity index (χ1v) is 7.57. The number of carbonyl (C=O) groups excluding carboxylic acids is 1. The Balaban J connectivity index is 1.66. The molecular formula is C18H16N2O4. The van der Waals surface area contributed by atoms with Crippen molar-refractivity contribution in [1.82, 2.24) is 0 Å². The third-order valence-electron chi connectivity index (χ3n) is 3.57. The maximum atomic E-state index is 12.4. The van der Waals surface area contributed by atoms with Crippen LogP contribution in [0.5, 0.6) is 17.2 Å². The lowest BCUT2D eigenvalue weighted by molar-refractivity contribution is -0.122. The molecule has 0 aromatic heterocycles. The molecule has 0 radical (unpaired) electrons. The Hall–Kier alpha value is -3.20. The molecule has 1 amide bonds. The van der Waals surface area contributed by atoms with Crippen LogP contribution in [0.15, 0.2) is 42.5 Å². The molecule has 1 aliphatic rings. The van der Waals surface area contributed by atoms with Gasteiger partial charge in [0.25, 0.3) is 5.91 Å². The van der Waals surface area contributed by atoms with Crippen LogP contribution >= 0.6 is 0 Å². The fourth-order valence-electron chi connectivity index (χ4n) is 2.29. The fraction of sp³-hybridized carbons (Fsp3) is 0.222. The smallest absolute Gasteiger partial charge is 0.265 e. The van der Waals surface area contributed by atoms with Crippen LogP contribution in [0, 0.1) is 11.3 Å². The molecule has 1 atom stereocenters. The van der Waals surface area contributed by atoms with Crippen LogP contribution in [0.4, 0.5) is 5.69 Å². The number of nitrogens with one attached hydrogen (secondary N) is 1.